The molecular formula is C14H24N2O4. The molecule has 0 radical (unpaired) electrons. The number of rotatable bonds is 7. The van der Waals surface area contributed by atoms with Gasteiger partial charge in [0.15, 0.2) is 0 Å². The minimum atomic E-state index is -1.05. The van der Waals surface area contributed by atoms with Crippen molar-refractivity contribution < 1.29 is 19.8 Å². The van der Waals surface area contributed by atoms with Gasteiger partial charge >= 0.3 is 0 Å². The van der Waals surface area contributed by atoms with Gasteiger partial charge in [-0.3, -0.25) is 9.59 Å². The minimum Gasteiger partial charge on any atom is -0.383 e. The predicted molar refractivity (Wildman–Crippen MR) is 76.3 cm³/mol. The van der Waals surface area contributed by atoms with E-state index in [0.29, 0.717) is 0 Å². The zero-order valence-electron chi connectivity index (χ0n) is 12.3. The highest BCUT2D eigenvalue weighted by molar-refractivity contribution is 5.82. The van der Waals surface area contributed by atoms with Crippen LogP contribution in [0.25, 0.3) is 0 Å². The maximum absolute atomic E-state index is 11.4. The van der Waals surface area contributed by atoms with E-state index in [0.717, 1.165) is 0 Å². The summed E-state index contributed by atoms with van der Waals surface area (Å²) in [5.41, 5.74) is 0. The van der Waals surface area contributed by atoms with Crippen molar-refractivity contribution in [3.63, 3.8) is 0 Å². The zero-order chi connectivity index (χ0) is 15.7. The first kappa shape index (κ1) is 18.3. The Bertz CT molecular complexity index is 339. The van der Waals surface area contributed by atoms with E-state index < -0.39 is 24.0 Å². The zero-order valence-corrected chi connectivity index (χ0v) is 12.3. The molecule has 0 aromatic carbocycles. The first-order valence-electron chi connectivity index (χ1n) is 6.56. The van der Waals surface area contributed by atoms with Gasteiger partial charge in [-0.1, -0.05) is 27.7 Å². The Morgan fingerprint density at radius 2 is 1.10 bits per heavy atom. The van der Waals surface area contributed by atoms with Crippen molar-refractivity contribution in [1.82, 2.24) is 10.6 Å². The second-order valence-corrected chi connectivity index (χ2v) is 5.11. The Morgan fingerprint density at radius 1 is 0.800 bits per heavy atom. The fourth-order valence-corrected chi connectivity index (χ4v) is 1.15. The fraction of sp³-hybridized carbons (Fsp3) is 0.571. The maximum Gasteiger partial charge on any atom is 0.253 e. The lowest BCUT2D eigenvalue weighted by molar-refractivity contribution is -0.131. The number of hydrogen-bond acceptors (Lipinski definition) is 4. The van der Waals surface area contributed by atoms with Crippen LogP contribution < -0.4 is 10.6 Å². The van der Waals surface area contributed by atoms with E-state index in [1.165, 1.54) is 24.6 Å². The molecule has 0 aliphatic carbocycles. The number of nitrogens with one attached hydrogen (secondary N) is 2. The highest BCUT2D eigenvalue weighted by Gasteiger charge is 2.17. The lowest BCUT2D eigenvalue weighted by Gasteiger charge is -2.12. The topological polar surface area (TPSA) is 98.7 Å². The molecule has 0 aliphatic rings. The number of allylic oxidation sites excluding steroid dienone is 2. The molecule has 0 fully saturated rings. The second kappa shape index (κ2) is 9.28. The van der Waals surface area contributed by atoms with Crippen molar-refractivity contribution in [2.75, 3.05) is 0 Å². The molecule has 114 valence electrons. The minimum absolute atomic E-state index is 0.157. The van der Waals surface area contributed by atoms with Gasteiger partial charge in [0.1, 0.15) is 12.2 Å². The highest BCUT2D eigenvalue weighted by Crippen LogP contribution is 2.01. The van der Waals surface area contributed by atoms with Gasteiger partial charge in [0.05, 0.1) is 0 Å². The van der Waals surface area contributed by atoms with Gasteiger partial charge in [-0.25, -0.2) is 0 Å². The molecule has 0 bridgehead atoms. The Balaban J connectivity index is 4.05. The van der Waals surface area contributed by atoms with E-state index >= 15 is 0 Å². The van der Waals surface area contributed by atoms with Crippen LogP contribution in [0.2, 0.25) is 0 Å². The van der Waals surface area contributed by atoms with Crippen LogP contribution in [-0.2, 0) is 9.59 Å². The number of hydrogen-bond donors (Lipinski definition) is 4. The Morgan fingerprint density at radius 3 is 1.35 bits per heavy atom. The van der Waals surface area contributed by atoms with Gasteiger partial charge in [0.25, 0.3) is 11.8 Å². The van der Waals surface area contributed by atoms with Crippen LogP contribution in [0.5, 0.6) is 0 Å². The molecule has 0 heterocycles. The normalized spacial score (nSPS) is 15.0. The molecule has 2 atom stereocenters. The molecule has 0 unspecified atom stereocenters. The molecule has 0 rings (SSSR count). The molecular weight excluding hydrogens is 260 g/mol. The molecule has 0 saturated carbocycles. The molecule has 4 N–H and O–H groups in total. The molecule has 20 heavy (non-hydrogen) atoms. The molecule has 6 heteroatoms. The van der Waals surface area contributed by atoms with Gasteiger partial charge in [-0.05, 0) is 24.0 Å². The quantitative estimate of drug-likeness (QED) is 0.505. The summed E-state index contributed by atoms with van der Waals surface area (Å²) in [4.78, 5) is 22.7. The number of aliphatic hydroxyl groups excluding tert-OH is 2. The van der Waals surface area contributed by atoms with Crippen molar-refractivity contribution >= 4 is 11.8 Å². The smallest absolute Gasteiger partial charge is 0.253 e. The van der Waals surface area contributed by atoms with Crippen LogP contribution >= 0.6 is 0 Å². The summed E-state index contributed by atoms with van der Waals surface area (Å²) in [5.74, 6) is -1.28. The van der Waals surface area contributed by atoms with E-state index in [-0.39, 0.29) is 11.8 Å². The van der Waals surface area contributed by atoms with Crippen LogP contribution in [0.1, 0.15) is 27.7 Å². The molecule has 0 aliphatic heterocycles. The Hall–Kier alpha value is -1.66. The van der Waals surface area contributed by atoms with E-state index in [1.807, 2.05) is 0 Å². The number of amides is 2. The highest BCUT2D eigenvalue weighted by atomic mass is 16.3. The van der Waals surface area contributed by atoms with Gasteiger partial charge < -0.3 is 20.8 Å². The van der Waals surface area contributed by atoms with Gasteiger partial charge in [-0.15, -0.1) is 0 Å². The lowest BCUT2D eigenvalue weighted by Crippen LogP contribution is -2.35. The molecule has 2 amide bonds. The monoisotopic (exact) mass is 284 g/mol. The summed E-state index contributed by atoms with van der Waals surface area (Å²) in [6.07, 6.45) is 3.60. The first-order valence-corrected chi connectivity index (χ1v) is 6.56. The third-order valence-electron chi connectivity index (χ3n) is 2.55. The second-order valence-electron chi connectivity index (χ2n) is 5.11. The van der Waals surface area contributed by atoms with Crippen molar-refractivity contribution in [1.29, 1.82) is 0 Å². The van der Waals surface area contributed by atoms with Crippen LogP contribution in [0, 0.1) is 11.8 Å². The summed E-state index contributed by atoms with van der Waals surface area (Å²) in [6.45, 7) is 6.96. The predicted octanol–water partition coefficient (Wildman–Crippen LogP) is 0.280. The van der Waals surface area contributed by atoms with Gasteiger partial charge in [0, 0.05) is 12.4 Å². The Kier molecular flexibility index (Phi) is 8.51. The van der Waals surface area contributed by atoms with Crippen molar-refractivity contribution in [2.45, 2.75) is 39.9 Å². The third-order valence-corrected chi connectivity index (χ3v) is 2.55. The summed E-state index contributed by atoms with van der Waals surface area (Å²) in [6, 6.07) is 0. The van der Waals surface area contributed by atoms with Gasteiger partial charge in [-0.2, -0.15) is 0 Å². The van der Waals surface area contributed by atoms with E-state index in [1.54, 1.807) is 27.7 Å². The molecule has 6 nitrogen and oxygen atoms in total. The van der Waals surface area contributed by atoms with E-state index in [2.05, 4.69) is 10.6 Å². The summed E-state index contributed by atoms with van der Waals surface area (Å²) in [5, 5.41) is 23.7. The van der Waals surface area contributed by atoms with Gasteiger partial charge in [0.2, 0.25) is 0 Å². The number of carbonyl (C=O) groups is 2. The van der Waals surface area contributed by atoms with Crippen molar-refractivity contribution in [2.24, 2.45) is 11.8 Å². The Labute approximate surface area is 119 Å². The summed E-state index contributed by atoms with van der Waals surface area (Å²) < 4.78 is 0. The molecule has 0 spiro atoms. The average Bonchev–Trinajstić information content (AvgIpc) is 2.39. The van der Waals surface area contributed by atoms with Crippen LogP contribution in [-0.4, -0.2) is 34.2 Å². The standard InChI is InChI=1S/C14H24N2O4/c1-9(2)11(17)13(19)15-7-5-6-8-16-14(20)12(18)10(3)4/h5-12,17-18H,1-4H3,(H,15,19)(H,16,20)/b7-5-,8-6-/t11-,12-/m0/s1. The van der Waals surface area contributed by atoms with Crippen molar-refractivity contribution in [3.8, 4) is 0 Å². The van der Waals surface area contributed by atoms with Crippen LogP contribution in [0.4, 0.5) is 0 Å². The molecule has 0 saturated heterocycles. The number of aliphatic hydroxyl groups is 2. The largest absolute Gasteiger partial charge is 0.383 e. The van der Waals surface area contributed by atoms with Crippen molar-refractivity contribution in [3.05, 3.63) is 24.6 Å². The fourth-order valence-electron chi connectivity index (χ4n) is 1.15. The van der Waals surface area contributed by atoms with Crippen LogP contribution in [0.15, 0.2) is 24.6 Å². The summed E-state index contributed by atoms with van der Waals surface area (Å²) in [7, 11) is 0. The number of carbonyl (C=O) groups excluding carboxylic acids is 2. The molecule has 0 aromatic rings. The summed E-state index contributed by atoms with van der Waals surface area (Å²) >= 11 is 0. The SMILES string of the molecule is CC(C)[C@H](O)C(=O)N/C=C\C=C/NC(=O)[C@@H](O)C(C)C. The lowest BCUT2D eigenvalue weighted by atomic mass is 10.1. The average molecular weight is 284 g/mol. The maximum atomic E-state index is 11.4. The first-order chi connectivity index (χ1) is 9.27. The van der Waals surface area contributed by atoms with E-state index in [9.17, 15) is 19.8 Å². The molecule has 0 aromatic heterocycles. The van der Waals surface area contributed by atoms with E-state index in [4.69, 9.17) is 0 Å². The van der Waals surface area contributed by atoms with Crippen LogP contribution in [0.3, 0.4) is 0 Å². The third kappa shape index (κ3) is 7.06.